The number of hydrogen-bond acceptors (Lipinski definition) is 7. The highest BCUT2D eigenvalue weighted by Gasteiger charge is 2.16. The van der Waals surface area contributed by atoms with Gasteiger partial charge in [0.25, 0.3) is 5.91 Å². The van der Waals surface area contributed by atoms with Crippen molar-refractivity contribution in [3.8, 4) is 17.1 Å². The van der Waals surface area contributed by atoms with E-state index >= 15 is 0 Å². The second kappa shape index (κ2) is 8.70. The Morgan fingerprint density at radius 1 is 1.07 bits per heavy atom. The molecule has 0 bridgehead atoms. The lowest BCUT2D eigenvalue weighted by molar-refractivity contribution is -0.119. The van der Waals surface area contributed by atoms with Crippen LogP contribution in [0.4, 0.5) is 0 Å². The fourth-order valence-electron chi connectivity index (χ4n) is 2.29. The molecule has 1 amide bonds. The molecule has 1 aromatic heterocycles. The van der Waals surface area contributed by atoms with Crippen LogP contribution in [-0.2, 0) is 9.63 Å². The summed E-state index contributed by atoms with van der Waals surface area (Å²) in [5.41, 5.74) is 13.2. The molecule has 9 nitrogen and oxygen atoms in total. The Morgan fingerprint density at radius 3 is 2.41 bits per heavy atom. The van der Waals surface area contributed by atoms with Crippen LogP contribution in [0.25, 0.3) is 11.3 Å². The number of primary amides is 1. The van der Waals surface area contributed by atoms with E-state index in [1.165, 1.54) is 6.07 Å². The molecular formula is C20H18N4O5. The summed E-state index contributed by atoms with van der Waals surface area (Å²) in [4.78, 5) is 27.6. The molecule has 3 rings (SSSR count). The third-order valence-corrected chi connectivity index (χ3v) is 3.81. The largest absolute Gasteiger partial charge is 0.484 e. The van der Waals surface area contributed by atoms with Crippen molar-refractivity contribution in [1.82, 2.24) is 5.16 Å². The van der Waals surface area contributed by atoms with E-state index in [9.17, 15) is 9.59 Å². The predicted molar refractivity (Wildman–Crippen MR) is 104 cm³/mol. The molecule has 3 aromatic rings. The monoisotopic (exact) mass is 394 g/mol. The average molecular weight is 394 g/mol. The van der Waals surface area contributed by atoms with Crippen LogP contribution in [0.1, 0.15) is 21.6 Å². The highest BCUT2D eigenvalue weighted by Crippen LogP contribution is 2.21. The summed E-state index contributed by atoms with van der Waals surface area (Å²) in [5, 5.41) is 7.31. The van der Waals surface area contributed by atoms with Gasteiger partial charge in [-0.05, 0) is 31.2 Å². The van der Waals surface area contributed by atoms with Gasteiger partial charge in [0.1, 0.15) is 5.75 Å². The average Bonchev–Trinajstić information content (AvgIpc) is 3.21. The van der Waals surface area contributed by atoms with Crippen molar-refractivity contribution in [1.29, 1.82) is 0 Å². The Morgan fingerprint density at radius 2 is 1.76 bits per heavy atom. The Labute approximate surface area is 165 Å². The van der Waals surface area contributed by atoms with Crippen LogP contribution >= 0.6 is 0 Å². The normalized spacial score (nSPS) is 11.1. The summed E-state index contributed by atoms with van der Waals surface area (Å²) >= 11 is 0. The zero-order chi connectivity index (χ0) is 20.8. The molecule has 0 unspecified atom stereocenters. The molecule has 9 heteroatoms. The summed E-state index contributed by atoms with van der Waals surface area (Å²) in [6, 6.07) is 15.4. The lowest BCUT2D eigenvalue weighted by Gasteiger charge is -2.04. The lowest BCUT2D eigenvalue weighted by atomic mass is 10.1. The van der Waals surface area contributed by atoms with Gasteiger partial charge in [0, 0.05) is 17.2 Å². The van der Waals surface area contributed by atoms with Gasteiger partial charge in [-0.25, -0.2) is 4.79 Å². The number of aromatic nitrogens is 1. The van der Waals surface area contributed by atoms with Crippen LogP contribution in [0.2, 0.25) is 0 Å². The maximum absolute atomic E-state index is 12.1. The van der Waals surface area contributed by atoms with E-state index in [0.29, 0.717) is 17.1 Å². The maximum Gasteiger partial charge on any atom is 0.387 e. The Bertz CT molecular complexity index is 1040. The van der Waals surface area contributed by atoms with E-state index in [4.69, 9.17) is 25.6 Å². The number of carbonyl (C=O) groups is 2. The van der Waals surface area contributed by atoms with Crippen molar-refractivity contribution in [2.45, 2.75) is 6.92 Å². The molecule has 148 valence electrons. The van der Waals surface area contributed by atoms with Gasteiger partial charge in [-0.2, -0.15) is 0 Å². The first kappa shape index (κ1) is 19.6. The van der Waals surface area contributed by atoms with Gasteiger partial charge in [0.15, 0.2) is 23.9 Å². The van der Waals surface area contributed by atoms with E-state index in [1.807, 2.05) is 31.2 Å². The number of benzene rings is 2. The van der Waals surface area contributed by atoms with E-state index in [2.05, 4.69) is 10.3 Å². The van der Waals surface area contributed by atoms with Gasteiger partial charge in [0.2, 0.25) is 0 Å². The van der Waals surface area contributed by atoms with Gasteiger partial charge in [-0.1, -0.05) is 40.1 Å². The molecule has 0 saturated carbocycles. The van der Waals surface area contributed by atoms with E-state index in [-0.39, 0.29) is 18.1 Å². The van der Waals surface area contributed by atoms with Crippen LogP contribution in [0.15, 0.2) is 64.3 Å². The fourth-order valence-corrected chi connectivity index (χ4v) is 2.29. The number of amidine groups is 1. The minimum Gasteiger partial charge on any atom is -0.484 e. The molecular weight excluding hydrogens is 376 g/mol. The SMILES string of the molecule is Cc1ccc(-c2cc(C(=O)O/N=C(\N)c3ccc(OCC(N)=O)cc3)no2)cc1. The molecule has 0 aliphatic heterocycles. The van der Waals surface area contributed by atoms with Gasteiger partial charge >= 0.3 is 5.97 Å². The molecule has 0 saturated heterocycles. The van der Waals surface area contributed by atoms with Crippen molar-refractivity contribution < 1.29 is 23.7 Å². The minimum absolute atomic E-state index is 0.0259. The standard InChI is InChI=1S/C20H18N4O5/c1-12-2-4-13(5-3-12)17-10-16(23-28-17)20(26)29-24-19(22)14-6-8-15(9-7-14)27-11-18(21)25/h2-10H,11H2,1H3,(H2,21,25)(H2,22,24). The van der Waals surface area contributed by atoms with E-state index < -0.39 is 11.9 Å². The number of hydrogen-bond donors (Lipinski definition) is 2. The topological polar surface area (TPSA) is 143 Å². The van der Waals surface area contributed by atoms with Gasteiger partial charge in [-0.15, -0.1) is 0 Å². The molecule has 0 aliphatic carbocycles. The zero-order valence-corrected chi connectivity index (χ0v) is 15.5. The van der Waals surface area contributed by atoms with Crippen molar-refractivity contribution in [2.24, 2.45) is 16.6 Å². The Kier molecular flexibility index (Phi) is 5.88. The maximum atomic E-state index is 12.1. The first-order valence-corrected chi connectivity index (χ1v) is 8.52. The number of oxime groups is 1. The van der Waals surface area contributed by atoms with Crippen molar-refractivity contribution >= 4 is 17.7 Å². The first-order chi connectivity index (χ1) is 13.9. The summed E-state index contributed by atoms with van der Waals surface area (Å²) < 4.78 is 10.3. The lowest BCUT2D eigenvalue weighted by Crippen LogP contribution is -2.20. The van der Waals surface area contributed by atoms with Crippen LogP contribution in [-0.4, -0.2) is 29.5 Å². The fraction of sp³-hybridized carbons (Fsp3) is 0.100. The summed E-state index contributed by atoms with van der Waals surface area (Å²) in [6.07, 6.45) is 0. The minimum atomic E-state index is -0.809. The van der Waals surface area contributed by atoms with Gasteiger partial charge < -0.3 is 25.6 Å². The van der Waals surface area contributed by atoms with Crippen LogP contribution in [0, 0.1) is 6.92 Å². The Hall–Kier alpha value is -4.14. The number of amides is 1. The number of nitrogens with two attached hydrogens (primary N) is 2. The molecule has 0 spiro atoms. The Balaban J connectivity index is 1.62. The highest BCUT2D eigenvalue weighted by atomic mass is 16.7. The molecule has 29 heavy (non-hydrogen) atoms. The van der Waals surface area contributed by atoms with Crippen LogP contribution < -0.4 is 16.2 Å². The molecule has 0 atom stereocenters. The molecule has 0 fully saturated rings. The molecule has 2 aromatic carbocycles. The molecule has 0 aliphatic rings. The molecule has 0 radical (unpaired) electrons. The third-order valence-electron chi connectivity index (χ3n) is 3.81. The quantitative estimate of drug-likeness (QED) is 0.270. The number of aryl methyl sites for hydroxylation is 1. The van der Waals surface area contributed by atoms with E-state index in [1.54, 1.807) is 24.3 Å². The predicted octanol–water partition coefficient (Wildman–Crippen LogP) is 1.99. The van der Waals surface area contributed by atoms with Gasteiger partial charge in [0.05, 0.1) is 0 Å². The highest BCUT2D eigenvalue weighted by molar-refractivity contribution is 5.98. The zero-order valence-electron chi connectivity index (χ0n) is 15.5. The second-order valence-corrected chi connectivity index (χ2v) is 6.08. The third kappa shape index (κ3) is 5.19. The van der Waals surface area contributed by atoms with E-state index in [0.717, 1.165) is 11.1 Å². The summed E-state index contributed by atoms with van der Waals surface area (Å²) in [7, 11) is 0. The van der Waals surface area contributed by atoms with Crippen LogP contribution in [0.3, 0.4) is 0 Å². The number of ether oxygens (including phenoxy) is 1. The smallest absolute Gasteiger partial charge is 0.387 e. The van der Waals surface area contributed by atoms with Gasteiger partial charge in [-0.3, -0.25) is 4.79 Å². The molecule has 1 heterocycles. The summed E-state index contributed by atoms with van der Waals surface area (Å²) in [5.74, 6) is -0.553. The molecule has 4 N–H and O–H groups in total. The number of rotatable bonds is 7. The van der Waals surface area contributed by atoms with Crippen molar-refractivity contribution in [2.75, 3.05) is 6.61 Å². The summed E-state index contributed by atoms with van der Waals surface area (Å²) in [6.45, 7) is 1.74. The van der Waals surface area contributed by atoms with Crippen molar-refractivity contribution in [3.05, 3.63) is 71.4 Å². The van der Waals surface area contributed by atoms with Crippen molar-refractivity contribution in [3.63, 3.8) is 0 Å². The number of carbonyl (C=O) groups excluding carboxylic acids is 2. The number of nitrogens with zero attached hydrogens (tertiary/aromatic N) is 2. The first-order valence-electron chi connectivity index (χ1n) is 8.52. The van der Waals surface area contributed by atoms with Crippen LogP contribution in [0.5, 0.6) is 5.75 Å². The second-order valence-electron chi connectivity index (χ2n) is 6.08.